The van der Waals surface area contributed by atoms with Gasteiger partial charge in [0.2, 0.25) is 0 Å². The van der Waals surface area contributed by atoms with Crippen molar-refractivity contribution in [3.63, 3.8) is 0 Å². The summed E-state index contributed by atoms with van der Waals surface area (Å²) in [5, 5.41) is 1.14. The van der Waals surface area contributed by atoms with Crippen LogP contribution in [0.25, 0.3) is 11.8 Å². The maximum absolute atomic E-state index is 14.3. The molecular formula is C38H31Cl3N2O6S. The van der Waals surface area contributed by atoms with Crippen LogP contribution in [0, 0.1) is 0 Å². The van der Waals surface area contributed by atoms with Crippen LogP contribution < -0.4 is 29.1 Å². The van der Waals surface area contributed by atoms with E-state index < -0.39 is 12.0 Å². The minimum Gasteiger partial charge on any atom is -0.494 e. The van der Waals surface area contributed by atoms with Crippen LogP contribution in [0.15, 0.2) is 100 Å². The highest BCUT2D eigenvalue weighted by Gasteiger charge is 2.35. The Hall–Kier alpha value is -4.54. The molecule has 0 radical (unpaired) electrons. The fraction of sp³-hybridized carbons (Fsp3) is 0.184. The fourth-order valence-electron chi connectivity index (χ4n) is 5.57. The van der Waals surface area contributed by atoms with Crippen molar-refractivity contribution in [2.45, 2.75) is 26.5 Å². The third-order valence-corrected chi connectivity index (χ3v) is 9.80. The van der Waals surface area contributed by atoms with Gasteiger partial charge in [0, 0.05) is 5.56 Å². The van der Waals surface area contributed by atoms with Gasteiger partial charge in [-0.1, -0.05) is 94.7 Å². The number of carbonyl (C=O) groups excluding carboxylic acids is 1. The fourth-order valence-corrected chi connectivity index (χ4v) is 7.16. The molecule has 0 saturated carbocycles. The number of methoxy groups -OCH3 is 1. The average molecular weight is 750 g/mol. The molecule has 12 heteroatoms. The SMILES string of the molecule is CCOC(=O)C1=C(c2ccccc2)N=c2s/c(=C\c3cc(Cl)c(OCc4ccc(Cl)c(Cl)c4)c(OC)c3)c(=O)n2[C@@H]1c1ccc(OCC)cc1. The lowest BCUT2D eigenvalue weighted by molar-refractivity contribution is -0.138. The summed E-state index contributed by atoms with van der Waals surface area (Å²) in [7, 11) is 1.51. The zero-order chi connectivity index (χ0) is 35.4. The van der Waals surface area contributed by atoms with Crippen molar-refractivity contribution in [1.82, 2.24) is 4.57 Å². The van der Waals surface area contributed by atoms with Gasteiger partial charge in [0.15, 0.2) is 16.3 Å². The maximum atomic E-state index is 14.3. The van der Waals surface area contributed by atoms with Gasteiger partial charge in [-0.05, 0) is 73.0 Å². The quantitative estimate of drug-likeness (QED) is 0.128. The van der Waals surface area contributed by atoms with Gasteiger partial charge in [0.25, 0.3) is 5.56 Å². The number of ether oxygens (including phenoxy) is 4. The molecule has 0 unspecified atom stereocenters. The van der Waals surface area contributed by atoms with Crippen LogP contribution in [0.3, 0.4) is 0 Å². The van der Waals surface area contributed by atoms with Gasteiger partial charge in [0.1, 0.15) is 12.4 Å². The second kappa shape index (κ2) is 15.6. The van der Waals surface area contributed by atoms with E-state index in [2.05, 4.69) is 0 Å². The van der Waals surface area contributed by atoms with Gasteiger partial charge >= 0.3 is 5.97 Å². The monoisotopic (exact) mass is 748 g/mol. The Morgan fingerprint density at radius 2 is 1.66 bits per heavy atom. The van der Waals surface area contributed by atoms with E-state index >= 15 is 0 Å². The lowest BCUT2D eigenvalue weighted by atomic mass is 9.93. The van der Waals surface area contributed by atoms with Crippen LogP contribution >= 0.6 is 46.1 Å². The largest absolute Gasteiger partial charge is 0.494 e. The zero-order valence-electron chi connectivity index (χ0n) is 27.2. The molecule has 6 rings (SSSR count). The van der Waals surface area contributed by atoms with Crippen molar-refractivity contribution in [3.8, 4) is 17.2 Å². The maximum Gasteiger partial charge on any atom is 0.338 e. The first-order chi connectivity index (χ1) is 24.2. The molecule has 8 nitrogen and oxygen atoms in total. The number of hydrogen-bond acceptors (Lipinski definition) is 8. The van der Waals surface area contributed by atoms with E-state index in [4.69, 9.17) is 58.7 Å². The molecular weight excluding hydrogens is 719 g/mol. The normalized spacial score (nSPS) is 14.2. The molecule has 0 bridgehead atoms. The van der Waals surface area contributed by atoms with Gasteiger partial charge in [-0.15, -0.1) is 0 Å². The van der Waals surface area contributed by atoms with Gasteiger partial charge in [-0.2, -0.15) is 0 Å². The van der Waals surface area contributed by atoms with E-state index in [-0.39, 0.29) is 29.4 Å². The van der Waals surface area contributed by atoms with E-state index in [1.807, 2.05) is 61.5 Å². The molecule has 1 aliphatic rings. The molecule has 4 aromatic carbocycles. The van der Waals surface area contributed by atoms with Gasteiger partial charge in [-0.25, -0.2) is 9.79 Å². The number of fused-ring (bicyclic) bond motifs is 1. The van der Waals surface area contributed by atoms with Crippen molar-refractivity contribution in [1.29, 1.82) is 0 Å². The highest BCUT2D eigenvalue weighted by molar-refractivity contribution is 7.07. The Morgan fingerprint density at radius 3 is 2.34 bits per heavy atom. The summed E-state index contributed by atoms with van der Waals surface area (Å²) in [5.41, 5.74) is 3.17. The molecule has 0 amide bonds. The molecule has 0 spiro atoms. The van der Waals surface area contributed by atoms with E-state index in [9.17, 15) is 9.59 Å². The Morgan fingerprint density at radius 1 is 0.900 bits per heavy atom. The predicted octanol–water partition coefficient (Wildman–Crippen LogP) is 7.88. The van der Waals surface area contributed by atoms with Crippen molar-refractivity contribution in [3.05, 3.63) is 148 Å². The molecule has 0 N–H and O–H groups in total. The summed E-state index contributed by atoms with van der Waals surface area (Å²) in [6.07, 6.45) is 1.71. The number of benzene rings is 4. The van der Waals surface area contributed by atoms with Crippen LogP contribution in [0.1, 0.15) is 42.1 Å². The Balaban J connectivity index is 1.47. The third-order valence-electron chi connectivity index (χ3n) is 7.80. The first-order valence-electron chi connectivity index (χ1n) is 15.7. The number of rotatable bonds is 11. The van der Waals surface area contributed by atoms with Crippen molar-refractivity contribution < 1.29 is 23.7 Å². The Labute approximate surface area is 307 Å². The summed E-state index contributed by atoms with van der Waals surface area (Å²) in [6, 6.07) is 24.5. The summed E-state index contributed by atoms with van der Waals surface area (Å²) in [4.78, 5) is 33.4. The Bertz CT molecular complexity index is 2270. The minimum absolute atomic E-state index is 0.153. The molecule has 1 atom stereocenters. The van der Waals surface area contributed by atoms with Crippen molar-refractivity contribution >= 4 is 63.9 Å². The number of nitrogens with zero attached hydrogens (tertiary/aromatic N) is 2. The molecule has 2 heterocycles. The Kier molecular flexibility index (Phi) is 11.0. The second-order valence-electron chi connectivity index (χ2n) is 11.0. The average Bonchev–Trinajstić information content (AvgIpc) is 3.43. The van der Waals surface area contributed by atoms with E-state index in [0.717, 1.165) is 11.1 Å². The first kappa shape index (κ1) is 35.3. The lowest BCUT2D eigenvalue weighted by Gasteiger charge is -2.26. The number of carbonyl (C=O) groups is 1. The van der Waals surface area contributed by atoms with Crippen LogP contribution in [-0.4, -0.2) is 30.9 Å². The molecule has 5 aromatic rings. The van der Waals surface area contributed by atoms with Gasteiger partial charge in [0.05, 0.1) is 57.2 Å². The highest BCUT2D eigenvalue weighted by Crippen LogP contribution is 2.38. The summed E-state index contributed by atoms with van der Waals surface area (Å²) < 4.78 is 24.8. The minimum atomic E-state index is -0.825. The number of thiazole rings is 1. The number of halogens is 3. The number of esters is 1. The zero-order valence-corrected chi connectivity index (χ0v) is 30.3. The molecule has 0 fully saturated rings. The summed E-state index contributed by atoms with van der Waals surface area (Å²) in [5.74, 6) is 0.820. The lowest BCUT2D eigenvalue weighted by Crippen LogP contribution is -2.40. The second-order valence-corrected chi connectivity index (χ2v) is 13.2. The van der Waals surface area contributed by atoms with Gasteiger partial charge in [-0.3, -0.25) is 9.36 Å². The molecule has 0 saturated heterocycles. The molecule has 0 aliphatic carbocycles. The third kappa shape index (κ3) is 7.32. The van der Waals surface area contributed by atoms with Crippen LogP contribution in [0.5, 0.6) is 17.2 Å². The summed E-state index contributed by atoms with van der Waals surface area (Å²) in [6.45, 7) is 4.47. The standard InChI is InChI=1S/C38H31Cl3N2O6S/c1-4-47-26-14-12-25(13-15-26)34-32(37(45)48-5-2)33(24-9-7-6-8-10-24)42-38-43(34)36(44)31(50-38)20-23-18-29(41)35(30(19-23)46-3)49-21-22-11-16-27(39)28(40)17-22/h6-20,34H,4-5,21H2,1-3H3/b31-20-/t34-/m1/s1. The van der Waals surface area contributed by atoms with E-state index in [1.54, 1.807) is 47.9 Å². The van der Waals surface area contributed by atoms with E-state index in [0.29, 0.717) is 60.1 Å². The van der Waals surface area contributed by atoms with Crippen LogP contribution in [0.2, 0.25) is 15.1 Å². The van der Waals surface area contributed by atoms with Crippen molar-refractivity contribution in [2.75, 3.05) is 20.3 Å². The molecule has 1 aliphatic heterocycles. The highest BCUT2D eigenvalue weighted by atomic mass is 35.5. The molecule has 256 valence electrons. The van der Waals surface area contributed by atoms with Crippen LogP contribution in [-0.2, 0) is 16.1 Å². The number of aromatic nitrogens is 1. The molecule has 1 aromatic heterocycles. The van der Waals surface area contributed by atoms with E-state index in [1.165, 1.54) is 18.4 Å². The van der Waals surface area contributed by atoms with Gasteiger partial charge < -0.3 is 18.9 Å². The number of hydrogen-bond donors (Lipinski definition) is 0. The first-order valence-corrected chi connectivity index (χ1v) is 17.6. The predicted molar refractivity (Wildman–Crippen MR) is 197 cm³/mol. The van der Waals surface area contributed by atoms with Crippen molar-refractivity contribution in [2.24, 2.45) is 4.99 Å². The topological polar surface area (TPSA) is 88.4 Å². The van der Waals surface area contributed by atoms with Crippen LogP contribution in [0.4, 0.5) is 0 Å². The molecule has 50 heavy (non-hydrogen) atoms. The summed E-state index contributed by atoms with van der Waals surface area (Å²) >= 11 is 20.1. The smallest absolute Gasteiger partial charge is 0.338 e.